The van der Waals surface area contributed by atoms with Crippen molar-refractivity contribution in [1.82, 2.24) is 4.57 Å². The van der Waals surface area contributed by atoms with E-state index in [1.54, 1.807) is 24.3 Å². The first-order valence-corrected chi connectivity index (χ1v) is 9.51. The minimum Gasteiger partial charge on any atom is -0.493 e. The molecule has 1 aromatic heterocycles. The lowest BCUT2D eigenvalue weighted by Gasteiger charge is -2.12. The first-order chi connectivity index (χ1) is 13.5. The largest absolute Gasteiger partial charge is 0.493 e. The smallest absolute Gasteiger partial charge is 0.279 e. The number of amides is 1. The fraction of sp³-hybridized carbons (Fsp3) is 0.200. The van der Waals surface area contributed by atoms with Crippen LogP contribution in [0.3, 0.4) is 0 Å². The topological polar surface area (TPSA) is 62.1 Å². The lowest BCUT2D eigenvalue weighted by Crippen LogP contribution is -2.16. The second-order valence-corrected chi connectivity index (χ2v) is 7.12. The first-order valence-electron chi connectivity index (χ1n) is 8.31. The quantitative estimate of drug-likeness (QED) is 0.559. The lowest BCUT2D eigenvalue weighted by atomic mass is 10.1. The van der Waals surface area contributed by atoms with Crippen molar-refractivity contribution in [3.05, 3.63) is 58.4 Å². The van der Waals surface area contributed by atoms with Gasteiger partial charge in [-0.25, -0.2) is 0 Å². The van der Waals surface area contributed by atoms with E-state index >= 15 is 0 Å². The molecule has 8 heteroatoms. The Kier molecular flexibility index (Phi) is 6.06. The highest BCUT2D eigenvalue weighted by atomic mass is 35.5. The van der Waals surface area contributed by atoms with Gasteiger partial charge in [0.15, 0.2) is 16.3 Å². The number of para-hydroxylation sites is 1. The molecule has 0 unspecified atom stereocenters. The maximum Gasteiger partial charge on any atom is 0.279 e. The van der Waals surface area contributed by atoms with Crippen LogP contribution in [0.5, 0.6) is 17.2 Å². The van der Waals surface area contributed by atoms with Gasteiger partial charge >= 0.3 is 0 Å². The minimum absolute atomic E-state index is 0.322. The molecular weight excluding hydrogens is 400 g/mol. The van der Waals surface area contributed by atoms with Gasteiger partial charge in [0, 0.05) is 12.1 Å². The second-order valence-electron chi connectivity index (χ2n) is 5.70. The van der Waals surface area contributed by atoms with Crippen molar-refractivity contribution < 1.29 is 19.0 Å². The van der Waals surface area contributed by atoms with Crippen molar-refractivity contribution in [2.75, 3.05) is 21.3 Å². The van der Waals surface area contributed by atoms with Crippen LogP contribution in [0.2, 0.25) is 5.02 Å². The van der Waals surface area contributed by atoms with Crippen molar-refractivity contribution in [3.63, 3.8) is 0 Å². The molecule has 0 aliphatic carbocycles. The third kappa shape index (κ3) is 3.63. The van der Waals surface area contributed by atoms with E-state index in [1.807, 2.05) is 16.7 Å². The van der Waals surface area contributed by atoms with E-state index in [2.05, 4.69) is 11.6 Å². The Balaban J connectivity index is 2.17. The van der Waals surface area contributed by atoms with Gasteiger partial charge in [0.05, 0.1) is 36.6 Å². The summed E-state index contributed by atoms with van der Waals surface area (Å²) in [7, 11) is 4.49. The Labute approximate surface area is 171 Å². The number of hydrogen-bond donors (Lipinski definition) is 0. The van der Waals surface area contributed by atoms with Crippen LogP contribution in [-0.4, -0.2) is 31.8 Å². The van der Waals surface area contributed by atoms with E-state index in [9.17, 15) is 4.79 Å². The normalized spacial score (nSPS) is 11.5. The molecule has 28 heavy (non-hydrogen) atoms. The highest BCUT2D eigenvalue weighted by molar-refractivity contribution is 7.16. The number of halogens is 1. The number of aromatic nitrogens is 1. The molecule has 3 rings (SSSR count). The maximum atomic E-state index is 12.9. The van der Waals surface area contributed by atoms with Gasteiger partial charge in [-0.05, 0) is 24.3 Å². The number of carbonyl (C=O) groups is 1. The van der Waals surface area contributed by atoms with E-state index in [0.29, 0.717) is 39.2 Å². The van der Waals surface area contributed by atoms with E-state index in [4.69, 9.17) is 25.8 Å². The van der Waals surface area contributed by atoms with Crippen LogP contribution in [0.25, 0.3) is 10.2 Å². The second kappa shape index (κ2) is 8.50. The molecule has 0 aliphatic heterocycles. The van der Waals surface area contributed by atoms with Gasteiger partial charge in [-0.3, -0.25) is 4.79 Å². The molecule has 3 aromatic rings. The third-order valence-corrected chi connectivity index (χ3v) is 5.42. The van der Waals surface area contributed by atoms with Crippen LogP contribution in [0.1, 0.15) is 10.4 Å². The summed E-state index contributed by atoms with van der Waals surface area (Å²) >= 11 is 7.74. The summed E-state index contributed by atoms with van der Waals surface area (Å²) in [6.07, 6.45) is 1.73. The third-order valence-electron chi connectivity index (χ3n) is 4.07. The number of hydrogen-bond acceptors (Lipinski definition) is 5. The summed E-state index contributed by atoms with van der Waals surface area (Å²) < 4.78 is 18.7. The Hall–Kier alpha value is -2.77. The van der Waals surface area contributed by atoms with Crippen molar-refractivity contribution in [2.24, 2.45) is 4.99 Å². The van der Waals surface area contributed by atoms with Gasteiger partial charge in [0.25, 0.3) is 5.91 Å². The summed E-state index contributed by atoms with van der Waals surface area (Å²) in [4.78, 5) is 17.7. The van der Waals surface area contributed by atoms with Crippen LogP contribution in [0.4, 0.5) is 0 Å². The first kappa shape index (κ1) is 20.0. The van der Waals surface area contributed by atoms with Crippen molar-refractivity contribution >= 4 is 39.1 Å². The number of methoxy groups -OCH3 is 3. The van der Waals surface area contributed by atoms with Crippen LogP contribution in [-0.2, 0) is 6.54 Å². The summed E-state index contributed by atoms with van der Waals surface area (Å²) in [6, 6.07) is 8.76. The highest BCUT2D eigenvalue weighted by Crippen LogP contribution is 2.38. The average Bonchev–Trinajstić information content (AvgIpc) is 3.05. The van der Waals surface area contributed by atoms with Crippen molar-refractivity contribution in [3.8, 4) is 17.2 Å². The zero-order valence-corrected chi connectivity index (χ0v) is 17.3. The maximum absolute atomic E-state index is 12.9. The number of carbonyl (C=O) groups excluding carboxylic acids is 1. The molecule has 6 nitrogen and oxygen atoms in total. The summed E-state index contributed by atoms with van der Waals surface area (Å²) in [6.45, 7) is 4.26. The number of allylic oxidation sites excluding steroid dienone is 1. The van der Waals surface area contributed by atoms with Gasteiger partial charge < -0.3 is 18.8 Å². The van der Waals surface area contributed by atoms with Gasteiger partial charge in [-0.1, -0.05) is 35.1 Å². The standard InChI is InChI=1S/C20H19ClN2O4S/c1-5-9-23-17-13(21)7-6-8-16(17)28-20(23)22-19(24)12-10-14(25-2)18(27-4)15(11-12)26-3/h5-8,10-11H,1,9H2,2-4H3. The Bertz CT molecular complexity index is 1090. The van der Waals surface area contributed by atoms with E-state index in [-0.39, 0.29) is 0 Å². The SMILES string of the molecule is C=CCn1c(=NC(=O)c2cc(OC)c(OC)c(OC)c2)sc2cccc(Cl)c21. The molecule has 0 saturated heterocycles. The van der Waals surface area contributed by atoms with Crippen LogP contribution in [0, 0.1) is 0 Å². The number of benzene rings is 2. The molecule has 0 atom stereocenters. The molecule has 2 aromatic carbocycles. The monoisotopic (exact) mass is 418 g/mol. The molecule has 0 spiro atoms. The number of thiazole rings is 1. The Morgan fingerprint density at radius 3 is 2.46 bits per heavy atom. The lowest BCUT2D eigenvalue weighted by molar-refractivity contribution is 0.0997. The van der Waals surface area contributed by atoms with Crippen LogP contribution in [0.15, 0.2) is 48.0 Å². The number of nitrogens with zero attached hydrogens (tertiary/aromatic N) is 2. The molecule has 0 saturated carbocycles. The van der Waals surface area contributed by atoms with E-state index in [0.717, 1.165) is 10.2 Å². The minimum atomic E-state index is -0.431. The molecule has 0 bridgehead atoms. The summed E-state index contributed by atoms with van der Waals surface area (Å²) in [5.41, 5.74) is 1.15. The molecule has 0 aliphatic rings. The molecule has 146 valence electrons. The van der Waals surface area contributed by atoms with E-state index in [1.165, 1.54) is 32.7 Å². The fourth-order valence-electron chi connectivity index (χ4n) is 2.83. The van der Waals surface area contributed by atoms with Crippen molar-refractivity contribution in [1.29, 1.82) is 0 Å². The van der Waals surface area contributed by atoms with Gasteiger partial charge in [0.1, 0.15) is 0 Å². The predicted octanol–water partition coefficient (Wildman–Crippen LogP) is 4.31. The summed E-state index contributed by atoms with van der Waals surface area (Å²) in [5.74, 6) is 0.758. The average molecular weight is 419 g/mol. The van der Waals surface area contributed by atoms with Crippen molar-refractivity contribution in [2.45, 2.75) is 6.54 Å². The number of fused-ring (bicyclic) bond motifs is 1. The molecule has 1 amide bonds. The highest BCUT2D eigenvalue weighted by Gasteiger charge is 2.17. The van der Waals surface area contributed by atoms with Gasteiger partial charge in [-0.15, -0.1) is 6.58 Å². The molecule has 1 heterocycles. The summed E-state index contributed by atoms with van der Waals surface area (Å²) in [5, 5.41) is 0.595. The zero-order valence-electron chi connectivity index (χ0n) is 15.7. The van der Waals surface area contributed by atoms with Gasteiger partial charge in [-0.2, -0.15) is 4.99 Å². The number of rotatable bonds is 6. The molecule has 0 N–H and O–H groups in total. The Morgan fingerprint density at radius 2 is 1.89 bits per heavy atom. The van der Waals surface area contributed by atoms with Crippen LogP contribution >= 0.6 is 22.9 Å². The Morgan fingerprint density at radius 1 is 1.21 bits per heavy atom. The number of ether oxygens (including phenoxy) is 3. The predicted molar refractivity (Wildman–Crippen MR) is 111 cm³/mol. The van der Waals surface area contributed by atoms with E-state index < -0.39 is 5.91 Å². The molecule has 0 radical (unpaired) electrons. The molecule has 0 fully saturated rings. The molecular formula is C20H19ClN2O4S. The fourth-order valence-corrected chi connectivity index (χ4v) is 4.22. The zero-order chi connectivity index (χ0) is 20.3. The van der Waals surface area contributed by atoms with Crippen LogP contribution < -0.4 is 19.0 Å². The van der Waals surface area contributed by atoms with Gasteiger partial charge in [0.2, 0.25) is 5.75 Å².